The van der Waals surface area contributed by atoms with Crippen LogP contribution in [0.15, 0.2) is 71.8 Å². The molecule has 2 heterocycles. The van der Waals surface area contributed by atoms with Crippen molar-refractivity contribution in [3.8, 4) is 0 Å². The summed E-state index contributed by atoms with van der Waals surface area (Å²) >= 11 is 1.46. The van der Waals surface area contributed by atoms with Crippen LogP contribution in [-0.2, 0) is 16.1 Å². The van der Waals surface area contributed by atoms with Crippen LogP contribution >= 0.6 is 11.8 Å². The largest absolute Gasteiger partial charge is 0.374 e. The van der Waals surface area contributed by atoms with Crippen LogP contribution in [0.25, 0.3) is 10.9 Å². The molecule has 150 valence electrons. The van der Waals surface area contributed by atoms with Gasteiger partial charge in [-0.3, -0.25) is 9.69 Å². The fourth-order valence-corrected chi connectivity index (χ4v) is 4.14. The third-order valence-electron chi connectivity index (χ3n) is 4.92. The van der Waals surface area contributed by atoms with E-state index in [1.807, 2.05) is 42.5 Å². The minimum absolute atomic E-state index is 0.00809. The topological polar surface area (TPSA) is 54.5 Å². The molecule has 1 fully saturated rings. The van der Waals surface area contributed by atoms with Crippen LogP contribution in [0.2, 0.25) is 0 Å². The Hall–Kier alpha value is -2.41. The molecule has 0 radical (unpaired) electrons. The lowest BCUT2D eigenvalue weighted by Crippen LogP contribution is -2.47. The molecule has 1 atom stereocenters. The van der Waals surface area contributed by atoms with E-state index in [0.717, 1.165) is 35.6 Å². The molecule has 2 aromatic carbocycles. The molecule has 1 saturated heterocycles. The number of hydrogen-bond acceptors (Lipinski definition) is 5. The van der Waals surface area contributed by atoms with Crippen molar-refractivity contribution in [2.75, 3.05) is 32.0 Å². The van der Waals surface area contributed by atoms with Gasteiger partial charge in [0, 0.05) is 31.6 Å². The van der Waals surface area contributed by atoms with E-state index in [4.69, 9.17) is 4.74 Å². The predicted molar refractivity (Wildman–Crippen MR) is 117 cm³/mol. The van der Waals surface area contributed by atoms with E-state index in [1.54, 1.807) is 0 Å². The van der Waals surface area contributed by atoms with Gasteiger partial charge in [0.15, 0.2) is 0 Å². The minimum Gasteiger partial charge on any atom is -0.374 e. The number of thioether (sulfide) groups is 1. The monoisotopic (exact) mass is 407 g/mol. The van der Waals surface area contributed by atoms with E-state index in [2.05, 4.69) is 39.5 Å². The molecule has 1 N–H and O–H groups in total. The van der Waals surface area contributed by atoms with Crippen molar-refractivity contribution in [3.05, 3.63) is 72.3 Å². The van der Waals surface area contributed by atoms with Crippen molar-refractivity contribution in [1.29, 1.82) is 0 Å². The highest BCUT2D eigenvalue weighted by molar-refractivity contribution is 7.99. The highest BCUT2D eigenvalue weighted by atomic mass is 32.2. The van der Waals surface area contributed by atoms with Crippen LogP contribution in [0, 0.1) is 0 Å². The first-order valence-electron chi connectivity index (χ1n) is 9.89. The molecule has 0 spiro atoms. The van der Waals surface area contributed by atoms with Crippen molar-refractivity contribution >= 4 is 28.6 Å². The third-order valence-corrected chi connectivity index (χ3v) is 5.85. The summed E-state index contributed by atoms with van der Waals surface area (Å²) in [5.41, 5.74) is 2.25. The maximum atomic E-state index is 12.3. The zero-order chi connectivity index (χ0) is 19.9. The highest BCUT2D eigenvalue weighted by Crippen LogP contribution is 2.19. The number of nitrogens with one attached hydrogen (secondary N) is 1. The molecule has 0 unspecified atom stereocenters. The lowest BCUT2D eigenvalue weighted by Gasteiger charge is -2.33. The second-order valence-electron chi connectivity index (χ2n) is 7.15. The van der Waals surface area contributed by atoms with Gasteiger partial charge in [-0.25, -0.2) is 4.98 Å². The fraction of sp³-hybridized carbons (Fsp3) is 0.304. The molecular formula is C23H25N3O2S. The van der Waals surface area contributed by atoms with Crippen LogP contribution < -0.4 is 5.32 Å². The molecule has 0 saturated carbocycles. The Kier molecular flexibility index (Phi) is 6.77. The zero-order valence-corrected chi connectivity index (χ0v) is 17.1. The van der Waals surface area contributed by atoms with Gasteiger partial charge in [0.2, 0.25) is 5.91 Å². The van der Waals surface area contributed by atoms with Gasteiger partial charge in [-0.1, -0.05) is 66.4 Å². The number of carbonyl (C=O) groups excluding carboxylic acids is 1. The van der Waals surface area contributed by atoms with Gasteiger partial charge in [-0.15, -0.1) is 0 Å². The smallest absolute Gasteiger partial charge is 0.230 e. The quantitative estimate of drug-likeness (QED) is 0.609. The number of aromatic nitrogens is 1. The molecule has 1 aromatic heterocycles. The van der Waals surface area contributed by atoms with Crippen LogP contribution in [0.5, 0.6) is 0 Å². The van der Waals surface area contributed by atoms with Crippen molar-refractivity contribution in [1.82, 2.24) is 15.2 Å². The molecule has 5 nitrogen and oxygen atoms in total. The van der Waals surface area contributed by atoms with Crippen molar-refractivity contribution in [3.63, 3.8) is 0 Å². The molecule has 0 bridgehead atoms. The molecule has 1 amide bonds. The Bertz CT molecular complexity index is 951. The van der Waals surface area contributed by atoms with E-state index in [9.17, 15) is 4.79 Å². The Morgan fingerprint density at radius 1 is 1.10 bits per heavy atom. The number of benzene rings is 2. The normalized spacial score (nSPS) is 17.3. The number of para-hydroxylation sites is 1. The molecule has 4 rings (SSSR count). The highest BCUT2D eigenvalue weighted by Gasteiger charge is 2.21. The molecule has 29 heavy (non-hydrogen) atoms. The van der Waals surface area contributed by atoms with Gasteiger partial charge in [0.1, 0.15) is 0 Å². The minimum atomic E-state index is 0.00809. The number of carbonyl (C=O) groups is 1. The van der Waals surface area contributed by atoms with Gasteiger partial charge in [0.25, 0.3) is 0 Å². The second kappa shape index (κ2) is 9.87. The zero-order valence-electron chi connectivity index (χ0n) is 16.3. The molecule has 1 aliphatic rings. The number of hydrogen-bond donors (Lipinski definition) is 1. The van der Waals surface area contributed by atoms with Gasteiger partial charge in [0.05, 0.1) is 29.0 Å². The second-order valence-corrected chi connectivity index (χ2v) is 8.14. The van der Waals surface area contributed by atoms with Crippen molar-refractivity contribution in [2.24, 2.45) is 0 Å². The standard InChI is InChI=1S/C23H25N3O2S/c27-22(17-29-23-11-10-19-8-4-5-9-21(19)25-23)24-14-20-16-26(12-13-28-20)15-18-6-2-1-3-7-18/h1-11,20H,12-17H2,(H,24,27)/t20-/m0/s1. The first-order valence-corrected chi connectivity index (χ1v) is 10.9. The Morgan fingerprint density at radius 2 is 1.93 bits per heavy atom. The lowest BCUT2D eigenvalue weighted by molar-refractivity contribution is -0.119. The maximum absolute atomic E-state index is 12.3. The van der Waals surface area contributed by atoms with E-state index < -0.39 is 0 Å². The number of rotatable bonds is 7. The molecule has 0 aliphatic carbocycles. The van der Waals surface area contributed by atoms with Gasteiger partial charge < -0.3 is 10.1 Å². The number of nitrogens with zero attached hydrogens (tertiary/aromatic N) is 2. The van der Waals surface area contributed by atoms with E-state index >= 15 is 0 Å². The molecular weight excluding hydrogens is 382 g/mol. The van der Waals surface area contributed by atoms with Gasteiger partial charge >= 0.3 is 0 Å². The average Bonchev–Trinajstić information content (AvgIpc) is 2.77. The van der Waals surface area contributed by atoms with Gasteiger partial charge in [-0.05, 0) is 17.7 Å². The average molecular weight is 408 g/mol. The van der Waals surface area contributed by atoms with E-state index in [0.29, 0.717) is 18.9 Å². The summed E-state index contributed by atoms with van der Waals surface area (Å²) in [4.78, 5) is 19.2. The third kappa shape index (κ3) is 5.79. The summed E-state index contributed by atoms with van der Waals surface area (Å²) in [6, 6.07) is 22.5. The number of pyridine rings is 1. The SMILES string of the molecule is O=C(CSc1ccc2ccccc2n1)NC[C@H]1CN(Cc2ccccc2)CCO1. The summed E-state index contributed by atoms with van der Waals surface area (Å²) < 4.78 is 5.83. The Morgan fingerprint density at radius 3 is 2.83 bits per heavy atom. The fourth-order valence-electron chi connectivity index (χ4n) is 3.44. The summed E-state index contributed by atoms with van der Waals surface area (Å²) in [5.74, 6) is 0.361. The number of morpholine rings is 1. The number of ether oxygens (including phenoxy) is 1. The molecule has 6 heteroatoms. The van der Waals surface area contributed by atoms with Crippen molar-refractivity contribution < 1.29 is 9.53 Å². The molecule has 3 aromatic rings. The first-order chi connectivity index (χ1) is 14.3. The van der Waals surface area contributed by atoms with Gasteiger partial charge in [-0.2, -0.15) is 0 Å². The molecule has 1 aliphatic heterocycles. The van der Waals surface area contributed by atoms with Crippen molar-refractivity contribution in [2.45, 2.75) is 17.7 Å². The summed E-state index contributed by atoms with van der Waals surface area (Å²) in [6.07, 6.45) is 0.0280. The first kappa shape index (κ1) is 19.9. The van der Waals surface area contributed by atoms with Crippen LogP contribution in [0.3, 0.4) is 0 Å². The maximum Gasteiger partial charge on any atom is 0.230 e. The Balaban J connectivity index is 1.21. The number of fused-ring (bicyclic) bond motifs is 1. The van der Waals surface area contributed by atoms with Crippen LogP contribution in [-0.4, -0.2) is 53.9 Å². The van der Waals surface area contributed by atoms with Crippen LogP contribution in [0.4, 0.5) is 0 Å². The summed E-state index contributed by atoms with van der Waals surface area (Å²) in [6.45, 7) is 3.90. The predicted octanol–water partition coefficient (Wildman–Crippen LogP) is 3.34. The van der Waals surface area contributed by atoms with Crippen LogP contribution in [0.1, 0.15) is 5.56 Å². The van der Waals surface area contributed by atoms with E-state index in [-0.39, 0.29) is 12.0 Å². The number of amides is 1. The summed E-state index contributed by atoms with van der Waals surface area (Å²) in [5, 5.41) is 4.98. The Labute approximate surface area is 175 Å². The summed E-state index contributed by atoms with van der Waals surface area (Å²) in [7, 11) is 0. The lowest BCUT2D eigenvalue weighted by atomic mass is 10.2. The van der Waals surface area contributed by atoms with E-state index in [1.165, 1.54) is 17.3 Å².